The molecule has 4 aromatic carbocycles. The Labute approximate surface area is 272 Å². The highest BCUT2D eigenvalue weighted by Crippen LogP contribution is 2.31. The average molecular weight is 609 g/mol. The molecule has 0 bridgehead atoms. The van der Waals surface area contributed by atoms with E-state index in [0.29, 0.717) is 26.1 Å². The van der Waals surface area contributed by atoms with Gasteiger partial charge in [0.15, 0.2) is 11.6 Å². The van der Waals surface area contributed by atoms with Crippen LogP contribution in [0.15, 0.2) is 132 Å². The van der Waals surface area contributed by atoms with Gasteiger partial charge in [0.05, 0.1) is 0 Å². The van der Waals surface area contributed by atoms with Gasteiger partial charge in [0.2, 0.25) is 0 Å². The van der Waals surface area contributed by atoms with Gasteiger partial charge in [-0.2, -0.15) is 0 Å². The molecule has 0 aliphatic heterocycles. The van der Waals surface area contributed by atoms with Crippen LogP contribution in [0.1, 0.15) is 70.7 Å². The molecule has 0 atom stereocenters. The van der Waals surface area contributed by atoms with Crippen LogP contribution in [0.2, 0.25) is 0 Å². The lowest BCUT2D eigenvalue weighted by Crippen LogP contribution is -1.98. The van der Waals surface area contributed by atoms with Crippen molar-refractivity contribution < 1.29 is 19.1 Å². The quantitative estimate of drug-likeness (QED) is 0.148. The summed E-state index contributed by atoms with van der Waals surface area (Å²) < 4.78 is 11.7. The molecule has 2 aliphatic rings. The molecular weight excluding hydrogens is 568 g/mol. The summed E-state index contributed by atoms with van der Waals surface area (Å²) in [6.07, 6.45) is 9.38. The third kappa shape index (κ3) is 8.08. The van der Waals surface area contributed by atoms with Gasteiger partial charge in [-0.3, -0.25) is 9.59 Å². The molecule has 0 amide bonds. The highest BCUT2D eigenvalue weighted by Gasteiger charge is 2.25. The second kappa shape index (κ2) is 15.2. The molecule has 0 radical (unpaired) electrons. The largest absolute Gasteiger partial charge is 0.489 e. The molecule has 4 heteroatoms. The molecule has 0 spiro atoms. The van der Waals surface area contributed by atoms with Crippen LogP contribution in [-0.2, 0) is 12.8 Å². The van der Waals surface area contributed by atoms with Gasteiger partial charge in [0.25, 0.3) is 0 Å². The third-order valence-corrected chi connectivity index (χ3v) is 7.83. The zero-order chi connectivity index (χ0) is 32.5. The lowest BCUT2D eigenvalue weighted by Gasteiger charge is -2.08. The molecule has 4 nitrogen and oxygen atoms in total. The number of allylic oxidation sites excluding steroid dienone is 4. The fraction of sp³-hybridized carbons (Fsp3) is 0.190. The van der Waals surface area contributed by atoms with E-state index in [1.165, 1.54) is 11.1 Å². The molecule has 0 unspecified atom stereocenters. The molecule has 0 heterocycles. The van der Waals surface area contributed by atoms with Crippen LogP contribution in [0.25, 0.3) is 12.2 Å². The van der Waals surface area contributed by atoms with Gasteiger partial charge in [-0.25, -0.2) is 0 Å². The first-order valence-corrected chi connectivity index (χ1v) is 15.7. The lowest BCUT2D eigenvalue weighted by atomic mass is 10.1. The number of carbonyl (C=O) groups is 2. The highest BCUT2D eigenvalue weighted by molar-refractivity contribution is 6.16. The van der Waals surface area contributed by atoms with Gasteiger partial charge in [0.1, 0.15) is 24.7 Å². The van der Waals surface area contributed by atoms with Crippen LogP contribution in [0.4, 0.5) is 0 Å². The summed E-state index contributed by atoms with van der Waals surface area (Å²) in [6, 6.07) is 31.3. The van der Waals surface area contributed by atoms with Crippen LogP contribution < -0.4 is 9.47 Å². The lowest BCUT2D eigenvalue weighted by molar-refractivity contribution is 0.103. The maximum absolute atomic E-state index is 12.5. The first-order valence-electron chi connectivity index (χ1n) is 15.7. The monoisotopic (exact) mass is 608 g/mol. The predicted molar refractivity (Wildman–Crippen MR) is 188 cm³/mol. The van der Waals surface area contributed by atoms with E-state index in [9.17, 15) is 9.59 Å². The van der Waals surface area contributed by atoms with Crippen molar-refractivity contribution in [3.05, 3.63) is 165 Å². The number of carbonyl (C=O) groups excluding carboxylic acids is 2. The molecule has 46 heavy (non-hydrogen) atoms. The summed E-state index contributed by atoms with van der Waals surface area (Å²) in [5.41, 5.74) is 9.84. The van der Waals surface area contributed by atoms with Crippen molar-refractivity contribution in [1.29, 1.82) is 0 Å². The number of ether oxygens (including phenoxy) is 2. The Hall–Kier alpha value is -5.22. The molecule has 232 valence electrons. The molecule has 4 aromatic rings. The maximum atomic E-state index is 12.5. The fourth-order valence-electron chi connectivity index (χ4n) is 5.38. The van der Waals surface area contributed by atoms with Gasteiger partial charge in [-0.15, -0.1) is 0 Å². The number of para-hydroxylation sites is 2. The van der Waals surface area contributed by atoms with E-state index in [0.717, 1.165) is 56.0 Å². The minimum Gasteiger partial charge on any atom is -0.489 e. The van der Waals surface area contributed by atoms with Crippen molar-refractivity contribution in [3.63, 3.8) is 0 Å². The number of hydrogen-bond donors (Lipinski definition) is 0. The van der Waals surface area contributed by atoms with Gasteiger partial charge < -0.3 is 9.47 Å². The smallest absolute Gasteiger partial charge is 0.189 e. The van der Waals surface area contributed by atoms with E-state index >= 15 is 0 Å². The predicted octanol–water partition coefficient (Wildman–Crippen LogP) is 9.71. The zero-order valence-corrected chi connectivity index (χ0v) is 27.0. The Morgan fingerprint density at radius 2 is 0.913 bits per heavy atom. The Kier molecular flexibility index (Phi) is 10.6. The van der Waals surface area contributed by atoms with E-state index in [1.807, 2.05) is 149 Å². The van der Waals surface area contributed by atoms with Crippen molar-refractivity contribution in [2.45, 2.75) is 40.5 Å². The second-order valence-electron chi connectivity index (χ2n) is 11.9. The number of ketones is 2. The van der Waals surface area contributed by atoms with Gasteiger partial charge in [-0.1, -0.05) is 96.1 Å². The van der Waals surface area contributed by atoms with E-state index in [2.05, 4.69) is 0 Å². The van der Waals surface area contributed by atoms with Crippen molar-refractivity contribution >= 4 is 23.7 Å². The third-order valence-electron chi connectivity index (χ3n) is 7.83. The number of benzene rings is 4. The van der Waals surface area contributed by atoms with Crippen molar-refractivity contribution in [2.24, 2.45) is 0 Å². The van der Waals surface area contributed by atoms with Crippen LogP contribution in [0, 0.1) is 0 Å². The standard InChI is InChI=1S/2C21H20O2/c2*1-15(2)11-12-23-20-10-6-4-8-17(20)14-18-13-16-7-3-5-9-19(16)21(18)22/h2*3-11,14H,12-13H2,1-2H3/b2*18-14+. The summed E-state index contributed by atoms with van der Waals surface area (Å²) >= 11 is 0. The van der Waals surface area contributed by atoms with Crippen molar-refractivity contribution in [1.82, 2.24) is 0 Å². The Morgan fingerprint density at radius 1 is 0.543 bits per heavy atom. The average Bonchev–Trinajstić information content (AvgIpc) is 3.54. The number of rotatable bonds is 8. The number of hydrogen-bond acceptors (Lipinski definition) is 4. The molecule has 0 fully saturated rings. The molecule has 0 aromatic heterocycles. The van der Waals surface area contributed by atoms with Crippen LogP contribution in [-0.4, -0.2) is 24.8 Å². The zero-order valence-electron chi connectivity index (χ0n) is 27.0. The molecule has 6 rings (SSSR count). The molecule has 0 N–H and O–H groups in total. The van der Waals surface area contributed by atoms with Gasteiger partial charge in [0, 0.05) is 46.2 Å². The van der Waals surface area contributed by atoms with Gasteiger partial charge in [-0.05, 0) is 75.3 Å². The second-order valence-corrected chi connectivity index (χ2v) is 11.9. The van der Waals surface area contributed by atoms with Gasteiger partial charge >= 0.3 is 0 Å². The highest BCUT2D eigenvalue weighted by atomic mass is 16.5. The topological polar surface area (TPSA) is 52.6 Å². The molecule has 0 saturated heterocycles. The Morgan fingerprint density at radius 3 is 1.30 bits per heavy atom. The summed E-state index contributed by atoms with van der Waals surface area (Å²) in [5, 5.41) is 0. The van der Waals surface area contributed by atoms with E-state index in [-0.39, 0.29) is 11.6 Å². The summed E-state index contributed by atoms with van der Waals surface area (Å²) in [4.78, 5) is 25.0. The summed E-state index contributed by atoms with van der Waals surface area (Å²) in [5.74, 6) is 1.86. The summed E-state index contributed by atoms with van der Waals surface area (Å²) in [7, 11) is 0. The van der Waals surface area contributed by atoms with E-state index in [1.54, 1.807) is 0 Å². The minimum atomic E-state index is 0.125. The normalized spacial score (nSPS) is 14.7. The van der Waals surface area contributed by atoms with Crippen molar-refractivity contribution in [2.75, 3.05) is 13.2 Å². The maximum Gasteiger partial charge on any atom is 0.189 e. The van der Waals surface area contributed by atoms with Crippen LogP contribution in [0.3, 0.4) is 0 Å². The number of Topliss-reactive ketones (excluding diaryl/α,β-unsaturated/α-hetero) is 2. The van der Waals surface area contributed by atoms with E-state index in [4.69, 9.17) is 9.47 Å². The Balaban J connectivity index is 0.000000181. The van der Waals surface area contributed by atoms with Crippen molar-refractivity contribution in [3.8, 4) is 11.5 Å². The summed E-state index contributed by atoms with van der Waals surface area (Å²) in [6.45, 7) is 9.27. The Bertz CT molecular complexity index is 1720. The minimum absolute atomic E-state index is 0.125. The fourth-order valence-corrected chi connectivity index (χ4v) is 5.38. The molecule has 2 aliphatic carbocycles. The SMILES string of the molecule is CC(C)=CCOc1ccccc1/C=C1\Cc2ccccc2C1=O.CC(C)=CCOc1ccccc1/C=C1\Cc2ccccc2C1=O. The molecular formula is C42H40O4. The number of fused-ring (bicyclic) bond motifs is 2. The van der Waals surface area contributed by atoms with Crippen LogP contribution >= 0.6 is 0 Å². The van der Waals surface area contributed by atoms with E-state index < -0.39 is 0 Å². The first-order chi connectivity index (χ1) is 22.3. The molecule has 0 saturated carbocycles. The van der Waals surface area contributed by atoms with Crippen LogP contribution in [0.5, 0.6) is 11.5 Å². The first kappa shape index (κ1) is 32.2.